The number of anilines is 2. The Labute approximate surface area is 110 Å². The second kappa shape index (κ2) is 5.46. The molecule has 5 nitrogen and oxygen atoms in total. The zero-order valence-electron chi connectivity index (χ0n) is 9.76. The molecule has 1 aromatic carbocycles. The number of nitrogens with one attached hydrogen (secondary N) is 1. The Bertz CT molecular complexity index is 565. The lowest BCUT2D eigenvalue weighted by Crippen LogP contribution is -2.02. The maximum Gasteiger partial charge on any atom is 0.168 e. The van der Waals surface area contributed by atoms with Gasteiger partial charge in [0.2, 0.25) is 0 Å². The van der Waals surface area contributed by atoms with Gasteiger partial charge >= 0.3 is 0 Å². The third kappa shape index (κ3) is 3.18. The molecule has 2 aromatic rings. The first-order valence-electron chi connectivity index (χ1n) is 5.30. The molecule has 0 atom stereocenters. The molecular weight excluding hydrogens is 250 g/mol. The lowest BCUT2D eigenvalue weighted by atomic mass is 10.1. The molecule has 0 aliphatic rings. The largest absolute Gasteiger partial charge is 0.399 e. The van der Waals surface area contributed by atoms with Crippen molar-refractivity contribution in [2.75, 3.05) is 11.2 Å². The fraction of sp³-hybridized carbons (Fsp3) is 0.0833. The van der Waals surface area contributed by atoms with Crippen molar-refractivity contribution in [2.24, 2.45) is 5.10 Å². The van der Waals surface area contributed by atoms with Crippen LogP contribution in [0.1, 0.15) is 12.5 Å². The summed E-state index contributed by atoms with van der Waals surface area (Å²) in [6.45, 7) is 1.88. The highest BCUT2D eigenvalue weighted by Crippen LogP contribution is 2.09. The molecule has 0 unspecified atom stereocenters. The lowest BCUT2D eigenvalue weighted by Gasteiger charge is -2.03. The molecule has 0 fully saturated rings. The molecule has 0 amide bonds. The quantitative estimate of drug-likeness (QED) is 0.506. The van der Waals surface area contributed by atoms with Gasteiger partial charge in [-0.1, -0.05) is 23.7 Å². The Hall–Kier alpha value is -2.14. The number of nitrogens with zero attached hydrogens (tertiary/aromatic N) is 3. The summed E-state index contributed by atoms with van der Waals surface area (Å²) < 4.78 is 0. The van der Waals surface area contributed by atoms with E-state index in [4.69, 9.17) is 17.3 Å². The first-order chi connectivity index (χ1) is 8.65. The molecule has 0 radical (unpaired) electrons. The third-order valence-electron chi connectivity index (χ3n) is 2.27. The van der Waals surface area contributed by atoms with Gasteiger partial charge in [-0.2, -0.15) is 5.10 Å². The Morgan fingerprint density at radius 3 is 2.78 bits per heavy atom. The number of nitrogen functional groups attached to an aromatic ring is 1. The van der Waals surface area contributed by atoms with Gasteiger partial charge in [0.25, 0.3) is 0 Å². The van der Waals surface area contributed by atoms with Crippen molar-refractivity contribution in [3.63, 3.8) is 0 Å². The van der Waals surface area contributed by atoms with Crippen molar-refractivity contribution >= 4 is 28.8 Å². The van der Waals surface area contributed by atoms with Crippen LogP contribution in [0.4, 0.5) is 11.5 Å². The van der Waals surface area contributed by atoms with Crippen molar-refractivity contribution in [3.05, 3.63) is 47.1 Å². The second-order valence-electron chi connectivity index (χ2n) is 3.68. The van der Waals surface area contributed by atoms with Gasteiger partial charge in [0.15, 0.2) is 11.0 Å². The highest BCUT2D eigenvalue weighted by molar-refractivity contribution is 6.29. The molecule has 0 saturated heterocycles. The van der Waals surface area contributed by atoms with Crippen molar-refractivity contribution in [1.82, 2.24) is 10.2 Å². The number of nitrogens with two attached hydrogens (primary N) is 1. The summed E-state index contributed by atoms with van der Waals surface area (Å²) in [7, 11) is 0. The van der Waals surface area contributed by atoms with Gasteiger partial charge in [-0.25, -0.2) is 0 Å². The van der Waals surface area contributed by atoms with Crippen molar-refractivity contribution < 1.29 is 0 Å². The molecule has 1 heterocycles. The van der Waals surface area contributed by atoms with E-state index in [1.165, 1.54) is 0 Å². The average molecular weight is 262 g/mol. The zero-order valence-corrected chi connectivity index (χ0v) is 10.5. The molecule has 92 valence electrons. The third-order valence-corrected chi connectivity index (χ3v) is 2.48. The summed E-state index contributed by atoms with van der Waals surface area (Å²) in [6, 6.07) is 10.8. The van der Waals surface area contributed by atoms with Crippen LogP contribution in [0.5, 0.6) is 0 Å². The topological polar surface area (TPSA) is 76.2 Å². The standard InChI is InChI=1S/C12H12ClN5/c1-8(9-3-2-4-10(14)7-9)15-17-12-6-5-11(13)16-18-12/h2-7H,14H2,1H3,(H,17,18)/b15-8-. The predicted octanol–water partition coefficient (Wildman–Crippen LogP) is 2.55. The zero-order chi connectivity index (χ0) is 13.0. The minimum Gasteiger partial charge on any atom is -0.399 e. The van der Waals surface area contributed by atoms with E-state index in [0.717, 1.165) is 11.3 Å². The highest BCUT2D eigenvalue weighted by atomic mass is 35.5. The highest BCUT2D eigenvalue weighted by Gasteiger charge is 1.98. The van der Waals surface area contributed by atoms with E-state index >= 15 is 0 Å². The molecule has 0 saturated carbocycles. The lowest BCUT2D eigenvalue weighted by molar-refractivity contribution is 1.02. The molecule has 1 aromatic heterocycles. The number of aromatic nitrogens is 2. The maximum absolute atomic E-state index is 5.71. The number of halogens is 1. The minimum absolute atomic E-state index is 0.345. The van der Waals surface area contributed by atoms with Crippen molar-refractivity contribution in [1.29, 1.82) is 0 Å². The Morgan fingerprint density at radius 1 is 1.28 bits per heavy atom. The van der Waals surface area contributed by atoms with Gasteiger partial charge in [0.05, 0.1) is 5.71 Å². The van der Waals surface area contributed by atoms with Gasteiger partial charge in [0, 0.05) is 5.69 Å². The Morgan fingerprint density at radius 2 is 2.11 bits per heavy atom. The van der Waals surface area contributed by atoms with E-state index in [-0.39, 0.29) is 0 Å². The minimum atomic E-state index is 0.345. The van der Waals surface area contributed by atoms with Crippen molar-refractivity contribution in [3.8, 4) is 0 Å². The van der Waals surface area contributed by atoms with E-state index in [2.05, 4.69) is 20.7 Å². The fourth-order valence-corrected chi connectivity index (χ4v) is 1.45. The van der Waals surface area contributed by atoms with Crippen LogP contribution in [-0.2, 0) is 0 Å². The average Bonchev–Trinajstić information content (AvgIpc) is 2.38. The van der Waals surface area contributed by atoms with E-state index in [1.54, 1.807) is 12.1 Å². The summed E-state index contributed by atoms with van der Waals surface area (Å²) in [5.41, 5.74) is 11.0. The van der Waals surface area contributed by atoms with Gasteiger partial charge in [-0.05, 0) is 36.8 Å². The summed E-state index contributed by atoms with van der Waals surface area (Å²) in [6.07, 6.45) is 0. The van der Waals surface area contributed by atoms with Gasteiger partial charge in [0.1, 0.15) is 0 Å². The van der Waals surface area contributed by atoms with E-state index in [0.29, 0.717) is 16.7 Å². The molecule has 0 aliphatic carbocycles. The summed E-state index contributed by atoms with van der Waals surface area (Å²) in [5.74, 6) is 0.530. The molecule has 0 bridgehead atoms. The predicted molar refractivity (Wildman–Crippen MR) is 73.7 cm³/mol. The smallest absolute Gasteiger partial charge is 0.168 e. The molecule has 0 aliphatic heterocycles. The number of hydrogen-bond acceptors (Lipinski definition) is 5. The maximum atomic E-state index is 5.71. The second-order valence-corrected chi connectivity index (χ2v) is 4.06. The molecule has 2 rings (SSSR count). The number of benzene rings is 1. The number of hydrogen-bond donors (Lipinski definition) is 2. The summed E-state index contributed by atoms with van der Waals surface area (Å²) in [5, 5.41) is 12.1. The van der Waals surface area contributed by atoms with Crippen LogP contribution in [-0.4, -0.2) is 15.9 Å². The summed E-state index contributed by atoms with van der Waals surface area (Å²) >= 11 is 5.64. The molecule has 18 heavy (non-hydrogen) atoms. The SMILES string of the molecule is C/C(=N/Nc1ccc(Cl)nn1)c1cccc(N)c1. The molecular formula is C12H12ClN5. The van der Waals surface area contributed by atoms with E-state index < -0.39 is 0 Å². The normalized spacial score (nSPS) is 11.3. The molecule has 3 N–H and O–H groups in total. The monoisotopic (exact) mass is 261 g/mol. The van der Waals surface area contributed by atoms with E-state index in [1.807, 2.05) is 31.2 Å². The number of hydrazone groups is 1. The van der Waals surface area contributed by atoms with Crippen LogP contribution in [0, 0.1) is 0 Å². The van der Waals surface area contributed by atoms with Crippen LogP contribution in [0.15, 0.2) is 41.5 Å². The molecule has 6 heteroatoms. The van der Waals surface area contributed by atoms with Crippen LogP contribution < -0.4 is 11.2 Å². The van der Waals surface area contributed by atoms with E-state index in [9.17, 15) is 0 Å². The van der Waals surface area contributed by atoms with Crippen LogP contribution in [0.2, 0.25) is 5.15 Å². The van der Waals surface area contributed by atoms with Crippen molar-refractivity contribution in [2.45, 2.75) is 6.92 Å². The Kier molecular flexibility index (Phi) is 3.74. The first-order valence-corrected chi connectivity index (χ1v) is 5.68. The van der Waals surface area contributed by atoms with Crippen LogP contribution in [0.25, 0.3) is 0 Å². The number of rotatable bonds is 3. The van der Waals surface area contributed by atoms with Crippen LogP contribution in [0.3, 0.4) is 0 Å². The van der Waals surface area contributed by atoms with Gasteiger partial charge in [-0.15, -0.1) is 10.2 Å². The van der Waals surface area contributed by atoms with Gasteiger partial charge in [-0.3, -0.25) is 5.43 Å². The molecule has 0 spiro atoms. The van der Waals surface area contributed by atoms with Gasteiger partial charge < -0.3 is 5.73 Å². The Balaban J connectivity index is 2.11. The van der Waals surface area contributed by atoms with Crippen LogP contribution >= 0.6 is 11.6 Å². The summed E-state index contributed by atoms with van der Waals surface area (Å²) in [4.78, 5) is 0. The fourth-order valence-electron chi connectivity index (χ4n) is 1.35. The first kappa shape index (κ1) is 12.3.